The third-order valence-electron chi connectivity index (χ3n) is 9.22. The minimum Gasteiger partial charge on any atom is -0.309 e. The van der Waals surface area contributed by atoms with Crippen LogP contribution >= 0.6 is 0 Å². The molecule has 0 aromatic heterocycles. The van der Waals surface area contributed by atoms with E-state index in [9.17, 15) is 0 Å². The molecule has 1 heteroatoms. The van der Waals surface area contributed by atoms with Gasteiger partial charge in [0.1, 0.15) is 0 Å². The normalized spacial score (nSPS) is 48.9. The van der Waals surface area contributed by atoms with Gasteiger partial charge in [-0.15, -0.1) is 0 Å². The number of hydrogen-bond acceptors (Lipinski definition) is 1. The monoisotopic (exact) mass is 333 g/mol. The molecule has 0 radical (unpaired) electrons. The summed E-state index contributed by atoms with van der Waals surface area (Å²) < 4.78 is 0. The van der Waals surface area contributed by atoms with Gasteiger partial charge in [-0.2, -0.15) is 0 Å². The van der Waals surface area contributed by atoms with Crippen molar-refractivity contribution in [2.45, 2.75) is 85.5 Å². The molecule has 0 N–H and O–H groups in total. The molecule has 3 aliphatic carbocycles. The van der Waals surface area contributed by atoms with E-state index in [-0.39, 0.29) is 0 Å². The van der Waals surface area contributed by atoms with E-state index in [2.05, 4.69) is 46.7 Å². The van der Waals surface area contributed by atoms with Crippen LogP contribution in [0.3, 0.4) is 0 Å². The molecule has 0 aliphatic heterocycles. The highest BCUT2D eigenvalue weighted by Gasteiger charge is 2.56. The van der Waals surface area contributed by atoms with Crippen LogP contribution in [0, 0.1) is 40.4 Å². The summed E-state index contributed by atoms with van der Waals surface area (Å²) in [5.74, 6) is 5.01. The molecule has 1 nitrogen and oxygen atoms in total. The van der Waals surface area contributed by atoms with Crippen LogP contribution in [0.4, 0.5) is 0 Å². The summed E-state index contributed by atoms with van der Waals surface area (Å²) in [6.45, 7) is 11.5. The fourth-order valence-corrected chi connectivity index (χ4v) is 7.72. The van der Waals surface area contributed by atoms with Gasteiger partial charge in [0, 0.05) is 6.54 Å². The molecule has 24 heavy (non-hydrogen) atoms. The molecule has 3 rings (SSSR count). The number of fused-ring (bicyclic) bond motifs is 3. The predicted octanol–water partition coefficient (Wildman–Crippen LogP) is 6.23. The van der Waals surface area contributed by atoms with Gasteiger partial charge in [0.05, 0.1) is 0 Å². The summed E-state index contributed by atoms with van der Waals surface area (Å²) in [5.41, 5.74) is 1.25. The van der Waals surface area contributed by atoms with Gasteiger partial charge in [-0.25, -0.2) is 0 Å². The third-order valence-corrected chi connectivity index (χ3v) is 9.22. The first-order valence-electron chi connectivity index (χ1n) is 11.0. The number of nitrogens with zero attached hydrogens (tertiary/aromatic N) is 1. The fourth-order valence-electron chi connectivity index (χ4n) is 7.72. The number of hydrogen-bond donors (Lipinski definition) is 0. The van der Waals surface area contributed by atoms with E-state index >= 15 is 0 Å². The van der Waals surface area contributed by atoms with Crippen molar-refractivity contribution in [3.63, 3.8) is 0 Å². The first-order chi connectivity index (χ1) is 11.4. The summed E-state index contributed by atoms with van der Waals surface area (Å²) in [7, 11) is 4.55. The Morgan fingerprint density at radius 1 is 0.917 bits per heavy atom. The molecule has 3 aliphatic rings. The van der Waals surface area contributed by atoms with Crippen LogP contribution in [0.25, 0.3) is 0 Å². The average molecular weight is 334 g/mol. The zero-order chi connectivity index (χ0) is 17.5. The van der Waals surface area contributed by atoms with Crippen molar-refractivity contribution in [2.24, 2.45) is 40.4 Å². The Labute approximate surface area is 152 Å². The summed E-state index contributed by atoms with van der Waals surface area (Å²) in [4.78, 5) is 2.45. The lowest BCUT2D eigenvalue weighted by Crippen LogP contribution is -2.54. The molecule has 0 heterocycles. The third kappa shape index (κ3) is 2.97. The molecule has 0 spiro atoms. The zero-order valence-corrected chi connectivity index (χ0v) is 17.4. The highest BCUT2D eigenvalue weighted by Crippen LogP contribution is 2.64. The standard InChI is InChI=1S/C23H43N/c1-7-20-18-13-15-23(4)17(16-24(5)6)10-9-11-21(23)19(18)12-14-22(20,3)8-2/h17-21H,7-16H2,1-6H3. The number of rotatable bonds is 4. The Hall–Kier alpha value is -0.0400. The van der Waals surface area contributed by atoms with Gasteiger partial charge in [0.15, 0.2) is 0 Å². The summed E-state index contributed by atoms with van der Waals surface area (Å²) in [6, 6.07) is 0. The van der Waals surface area contributed by atoms with E-state index in [0.29, 0.717) is 10.8 Å². The lowest BCUT2D eigenvalue weighted by Gasteiger charge is -2.62. The summed E-state index contributed by atoms with van der Waals surface area (Å²) in [6.07, 6.45) is 13.4. The van der Waals surface area contributed by atoms with Crippen LogP contribution in [-0.4, -0.2) is 25.5 Å². The SMILES string of the molecule is CCC1C2CCC3(C)C(CN(C)C)CCCC3C2CCC1(C)CC. The van der Waals surface area contributed by atoms with Gasteiger partial charge in [-0.3, -0.25) is 0 Å². The van der Waals surface area contributed by atoms with E-state index in [1.54, 1.807) is 0 Å². The van der Waals surface area contributed by atoms with Gasteiger partial charge in [-0.05, 0) is 93.0 Å². The second-order valence-corrected chi connectivity index (χ2v) is 10.4. The molecule has 3 fully saturated rings. The molecule has 7 unspecified atom stereocenters. The first-order valence-corrected chi connectivity index (χ1v) is 11.0. The fraction of sp³-hybridized carbons (Fsp3) is 1.00. The van der Waals surface area contributed by atoms with Crippen molar-refractivity contribution < 1.29 is 0 Å². The largest absolute Gasteiger partial charge is 0.309 e. The van der Waals surface area contributed by atoms with Crippen molar-refractivity contribution in [1.82, 2.24) is 4.90 Å². The van der Waals surface area contributed by atoms with Crippen molar-refractivity contribution in [3.8, 4) is 0 Å². The Morgan fingerprint density at radius 3 is 2.25 bits per heavy atom. The van der Waals surface area contributed by atoms with E-state index in [4.69, 9.17) is 0 Å². The molecule has 7 atom stereocenters. The Bertz CT molecular complexity index is 430. The summed E-state index contributed by atoms with van der Waals surface area (Å²) >= 11 is 0. The lowest BCUT2D eigenvalue weighted by atomic mass is 9.44. The Morgan fingerprint density at radius 2 is 1.62 bits per heavy atom. The van der Waals surface area contributed by atoms with Gasteiger partial charge >= 0.3 is 0 Å². The second-order valence-electron chi connectivity index (χ2n) is 10.4. The van der Waals surface area contributed by atoms with Crippen LogP contribution in [0.15, 0.2) is 0 Å². The smallest absolute Gasteiger partial charge is 0.000887 e. The quantitative estimate of drug-likeness (QED) is 0.589. The highest BCUT2D eigenvalue weighted by molar-refractivity contribution is 5.05. The van der Waals surface area contributed by atoms with Crippen molar-refractivity contribution >= 4 is 0 Å². The topological polar surface area (TPSA) is 3.24 Å². The average Bonchev–Trinajstić information content (AvgIpc) is 2.55. The van der Waals surface area contributed by atoms with Crippen LogP contribution in [0.2, 0.25) is 0 Å². The van der Waals surface area contributed by atoms with E-state index in [0.717, 1.165) is 29.6 Å². The maximum Gasteiger partial charge on any atom is 0.000887 e. The minimum atomic E-state index is 0.626. The Balaban J connectivity index is 1.84. The first kappa shape index (κ1) is 18.7. The van der Waals surface area contributed by atoms with Crippen LogP contribution in [0.5, 0.6) is 0 Å². The van der Waals surface area contributed by atoms with Crippen molar-refractivity contribution in [3.05, 3.63) is 0 Å². The van der Waals surface area contributed by atoms with E-state index < -0.39 is 0 Å². The second kappa shape index (κ2) is 6.93. The summed E-state index contributed by atoms with van der Waals surface area (Å²) in [5, 5.41) is 0. The molecule has 0 aromatic carbocycles. The van der Waals surface area contributed by atoms with Crippen molar-refractivity contribution in [2.75, 3.05) is 20.6 Å². The molecular formula is C23H43N. The predicted molar refractivity (Wildman–Crippen MR) is 105 cm³/mol. The molecule has 0 saturated heterocycles. The van der Waals surface area contributed by atoms with Crippen LogP contribution < -0.4 is 0 Å². The Kier molecular flexibility index (Phi) is 5.41. The van der Waals surface area contributed by atoms with E-state index in [1.165, 1.54) is 64.3 Å². The molecule has 0 bridgehead atoms. The molecule has 0 aromatic rings. The van der Waals surface area contributed by atoms with Gasteiger partial charge < -0.3 is 4.90 Å². The van der Waals surface area contributed by atoms with Crippen LogP contribution in [0.1, 0.15) is 85.5 Å². The van der Waals surface area contributed by atoms with Gasteiger partial charge in [-0.1, -0.05) is 47.0 Å². The maximum absolute atomic E-state index is 2.69. The molecule has 140 valence electrons. The maximum atomic E-state index is 2.69. The van der Waals surface area contributed by atoms with Gasteiger partial charge in [0.25, 0.3) is 0 Å². The molecular weight excluding hydrogens is 290 g/mol. The molecule has 0 amide bonds. The zero-order valence-electron chi connectivity index (χ0n) is 17.4. The molecule has 3 saturated carbocycles. The van der Waals surface area contributed by atoms with E-state index in [1.807, 2.05) is 0 Å². The lowest BCUT2D eigenvalue weighted by molar-refractivity contribution is -0.122. The highest BCUT2D eigenvalue weighted by atomic mass is 15.1. The van der Waals surface area contributed by atoms with Gasteiger partial charge in [0.2, 0.25) is 0 Å². The van der Waals surface area contributed by atoms with Crippen LogP contribution in [-0.2, 0) is 0 Å². The van der Waals surface area contributed by atoms with Crippen molar-refractivity contribution in [1.29, 1.82) is 0 Å². The minimum absolute atomic E-state index is 0.626.